The maximum atomic E-state index is 11.1. The van der Waals surface area contributed by atoms with Gasteiger partial charge in [-0.25, -0.2) is 0 Å². The molecule has 0 heterocycles. The molecular formula is C9H14N2O3. The van der Waals surface area contributed by atoms with E-state index in [2.05, 4.69) is 10.6 Å². The first-order valence-corrected chi connectivity index (χ1v) is 4.48. The molecule has 0 saturated heterocycles. The average Bonchev–Trinajstić information content (AvgIpc) is 2.53. The first-order valence-electron chi connectivity index (χ1n) is 4.48. The molecule has 0 aliphatic heterocycles. The highest BCUT2D eigenvalue weighted by atomic mass is 16.4. The Morgan fingerprint density at radius 1 is 1.50 bits per heavy atom. The van der Waals surface area contributed by atoms with Gasteiger partial charge in [-0.05, 0) is 13.5 Å². The van der Waals surface area contributed by atoms with Gasteiger partial charge in [-0.15, -0.1) is 0 Å². The number of carbonyl (C=O) groups is 2. The summed E-state index contributed by atoms with van der Waals surface area (Å²) >= 11 is 0. The van der Waals surface area contributed by atoms with Crippen LogP contribution in [-0.2, 0) is 9.59 Å². The molecule has 14 heavy (non-hydrogen) atoms. The second-order valence-electron chi connectivity index (χ2n) is 3.27. The third-order valence-corrected chi connectivity index (χ3v) is 2.08. The van der Waals surface area contributed by atoms with Gasteiger partial charge < -0.3 is 15.7 Å². The van der Waals surface area contributed by atoms with Gasteiger partial charge in [-0.1, -0.05) is 12.2 Å². The Hall–Kier alpha value is -1.36. The summed E-state index contributed by atoms with van der Waals surface area (Å²) in [5.74, 6) is -1.42. The van der Waals surface area contributed by atoms with Crippen molar-refractivity contribution in [2.24, 2.45) is 5.92 Å². The summed E-state index contributed by atoms with van der Waals surface area (Å²) in [5.41, 5.74) is 0. The number of hydrogen-bond donors (Lipinski definition) is 3. The molecule has 1 aliphatic carbocycles. The summed E-state index contributed by atoms with van der Waals surface area (Å²) in [6.45, 7) is 0.252. The lowest BCUT2D eigenvalue weighted by Crippen LogP contribution is -2.38. The second kappa shape index (κ2) is 4.76. The van der Waals surface area contributed by atoms with Crippen LogP contribution in [0.3, 0.4) is 0 Å². The van der Waals surface area contributed by atoms with Gasteiger partial charge in [-0.3, -0.25) is 9.59 Å². The van der Waals surface area contributed by atoms with E-state index in [9.17, 15) is 9.59 Å². The largest absolute Gasteiger partial charge is 0.481 e. The molecule has 78 valence electrons. The Bertz CT molecular complexity index is 263. The van der Waals surface area contributed by atoms with E-state index in [1.807, 2.05) is 0 Å². The lowest BCUT2D eigenvalue weighted by molar-refractivity contribution is -0.140. The first-order chi connectivity index (χ1) is 6.63. The molecule has 0 fully saturated rings. The zero-order valence-corrected chi connectivity index (χ0v) is 7.99. The average molecular weight is 198 g/mol. The van der Waals surface area contributed by atoms with Crippen LogP contribution in [0.25, 0.3) is 0 Å². The lowest BCUT2D eigenvalue weighted by atomic mass is 10.1. The van der Waals surface area contributed by atoms with Gasteiger partial charge in [0.25, 0.3) is 0 Å². The third-order valence-electron chi connectivity index (χ3n) is 2.08. The van der Waals surface area contributed by atoms with Crippen LogP contribution in [0.4, 0.5) is 0 Å². The normalized spacial score (nSPS) is 24.9. The van der Waals surface area contributed by atoms with Crippen molar-refractivity contribution < 1.29 is 14.7 Å². The number of amides is 1. The van der Waals surface area contributed by atoms with Gasteiger partial charge in [0.15, 0.2) is 0 Å². The van der Waals surface area contributed by atoms with Gasteiger partial charge in [-0.2, -0.15) is 0 Å². The van der Waals surface area contributed by atoms with Gasteiger partial charge in [0, 0.05) is 6.04 Å². The summed E-state index contributed by atoms with van der Waals surface area (Å²) in [7, 11) is 1.68. The van der Waals surface area contributed by atoms with Crippen LogP contribution in [0.5, 0.6) is 0 Å². The van der Waals surface area contributed by atoms with Crippen molar-refractivity contribution in [1.29, 1.82) is 0 Å². The van der Waals surface area contributed by atoms with Crippen LogP contribution < -0.4 is 10.6 Å². The summed E-state index contributed by atoms with van der Waals surface area (Å²) in [4.78, 5) is 21.7. The Morgan fingerprint density at radius 2 is 2.21 bits per heavy atom. The zero-order chi connectivity index (χ0) is 10.6. The van der Waals surface area contributed by atoms with Crippen molar-refractivity contribution in [3.8, 4) is 0 Å². The standard InChI is InChI=1S/C9H14N2O3/c1-10-5-8(12)11-7-3-2-6(4-7)9(13)14/h2-3,6-7,10H,4-5H2,1H3,(H,11,12)(H,13,14). The van der Waals surface area contributed by atoms with Crippen LogP contribution in [0.1, 0.15) is 6.42 Å². The summed E-state index contributed by atoms with van der Waals surface area (Å²) in [5, 5.41) is 14.1. The number of rotatable bonds is 4. The SMILES string of the molecule is CNCC(=O)NC1C=CC(C(=O)O)C1. The molecule has 0 radical (unpaired) electrons. The molecule has 1 aliphatic rings. The van der Waals surface area contributed by atoms with E-state index >= 15 is 0 Å². The molecular weight excluding hydrogens is 184 g/mol. The smallest absolute Gasteiger partial charge is 0.310 e. The Labute approximate surface area is 82.2 Å². The highest BCUT2D eigenvalue weighted by molar-refractivity contribution is 5.79. The molecule has 2 atom stereocenters. The number of aliphatic carboxylic acids is 1. The van der Waals surface area contributed by atoms with E-state index in [1.165, 1.54) is 0 Å². The number of carboxylic acids is 1. The van der Waals surface area contributed by atoms with Crippen LogP contribution in [0.15, 0.2) is 12.2 Å². The van der Waals surface area contributed by atoms with Crippen LogP contribution in [-0.4, -0.2) is 36.6 Å². The van der Waals surface area contributed by atoms with Crippen molar-refractivity contribution >= 4 is 11.9 Å². The van der Waals surface area contributed by atoms with E-state index in [0.29, 0.717) is 6.42 Å². The molecule has 0 spiro atoms. The van der Waals surface area contributed by atoms with Crippen molar-refractivity contribution in [2.45, 2.75) is 12.5 Å². The minimum Gasteiger partial charge on any atom is -0.481 e. The Balaban J connectivity index is 2.33. The third kappa shape index (κ3) is 2.85. The number of carboxylic acid groups (broad SMARTS) is 1. The second-order valence-corrected chi connectivity index (χ2v) is 3.27. The molecule has 5 nitrogen and oxygen atoms in total. The summed E-state index contributed by atoms with van der Waals surface area (Å²) in [6.07, 6.45) is 3.80. The Kier molecular flexibility index (Phi) is 3.64. The maximum absolute atomic E-state index is 11.1. The fraction of sp³-hybridized carbons (Fsp3) is 0.556. The highest BCUT2D eigenvalue weighted by Gasteiger charge is 2.24. The predicted molar refractivity (Wildman–Crippen MR) is 50.7 cm³/mol. The van der Waals surface area contributed by atoms with Crippen LogP contribution >= 0.6 is 0 Å². The molecule has 0 bridgehead atoms. The molecule has 0 aromatic carbocycles. The summed E-state index contributed by atoms with van der Waals surface area (Å²) in [6, 6.07) is -0.142. The molecule has 1 rings (SSSR count). The van der Waals surface area contributed by atoms with Gasteiger partial charge in [0.1, 0.15) is 0 Å². The fourth-order valence-corrected chi connectivity index (χ4v) is 1.41. The minimum absolute atomic E-state index is 0.117. The van der Waals surface area contributed by atoms with Crippen LogP contribution in [0, 0.1) is 5.92 Å². The molecule has 5 heteroatoms. The van der Waals surface area contributed by atoms with E-state index < -0.39 is 11.9 Å². The van der Waals surface area contributed by atoms with E-state index in [0.717, 1.165) is 0 Å². The molecule has 0 aromatic heterocycles. The van der Waals surface area contributed by atoms with E-state index in [4.69, 9.17) is 5.11 Å². The highest BCUT2D eigenvalue weighted by Crippen LogP contribution is 2.17. The molecule has 3 N–H and O–H groups in total. The monoisotopic (exact) mass is 198 g/mol. The minimum atomic E-state index is -0.841. The number of carbonyl (C=O) groups excluding carboxylic acids is 1. The number of likely N-dealkylation sites (N-methyl/N-ethyl adjacent to an activating group) is 1. The first kappa shape index (κ1) is 10.7. The van der Waals surface area contributed by atoms with E-state index in [1.54, 1.807) is 19.2 Å². The maximum Gasteiger partial charge on any atom is 0.310 e. The predicted octanol–water partition coefficient (Wildman–Crippen LogP) is -0.649. The lowest BCUT2D eigenvalue weighted by Gasteiger charge is -2.11. The number of hydrogen-bond acceptors (Lipinski definition) is 3. The topological polar surface area (TPSA) is 78.4 Å². The van der Waals surface area contributed by atoms with Crippen molar-refractivity contribution in [3.05, 3.63) is 12.2 Å². The Morgan fingerprint density at radius 3 is 2.71 bits per heavy atom. The van der Waals surface area contributed by atoms with Crippen molar-refractivity contribution in [3.63, 3.8) is 0 Å². The molecule has 0 saturated carbocycles. The van der Waals surface area contributed by atoms with Crippen LogP contribution in [0.2, 0.25) is 0 Å². The molecule has 0 aromatic rings. The number of nitrogens with one attached hydrogen (secondary N) is 2. The summed E-state index contributed by atoms with van der Waals surface area (Å²) < 4.78 is 0. The van der Waals surface area contributed by atoms with Gasteiger partial charge in [0.2, 0.25) is 5.91 Å². The molecule has 1 amide bonds. The molecule has 2 unspecified atom stereocenters. The van der Waals surface area contributed by atoms with Crippen molar-refractivity contribution in [2.75, 3.05) is 13.6 Å². The fourth-order valence-electron chi connectivity index (χ4n) is 1.41. The van der Waals surface area contributed by atoms with Crippen molar-refractivity contribution in [1.82, 2.24) is 10.6 Å². The zero-order valence-electron chi connectivity index (χ0n) is 7.99. The van der Waals surface area contributed by atoms with Gasteiger partial charge >= 0.3 is 5.97 Å². The van der Waals surface area contributed by atoms with E-state index in [-0.39, 0.29) is 18.5 Å². The van der Waals surface area contributed by atoms with Gasteiger partial charge in [0.05, 0.1) is 12.5 Å². The quantitative estimate of drug-likeness (QED) is 0.525.